The molecule has 4 N–H and O–H groups in total. The van der Waals surface area contributed by atoms with Gasteiger partial charge in [0.25, 0.3) is 0 Å². The summed E-state index contributed by atoms with van der Waals surface area (Å²) in [6.07, 6.45) is 12.1. The van der Waals surface area contributed by atoms with Crippen LogP contribution in [0.4, 0.5) is 0 Å². The summed E-state index contributed by atoms with van der Waals surface area (Å²) in [5.41, 5.74) is 0. The molecule has 182 valence electrons. The molecular formula is C24H44O7. The first kappa shape index (κ1) is 26.3. The Hall–Kier alpha value is -0.990. The number of esters is 1. The molecule has 1 rings (SSSR count). The highest BCUT2D eigenvalue weighted by molar-refractivity contribution is 5.69. The average Bonchev–Trinajstić information content (AvgIpc) is 2.79. The second-order valence-electron chi connectivity index (χ2n) is 8.37. The van der Waals surface area contributed by atoms with Crippen molar-refractivity contribution in [2.45, 2.75) is 127 Å². The Morgan fingerprint density at radius 1 is 0.871 bits per heavy atom. The maximum atomic E-state index is 12.0. The van der Waals surface area contributed by atoms with Gasteiger partial charge in [-0.3, -0.25) is 4.79 Å². The molecule has 0 radical (unpaired) electrons. The van der Waals surface area contributed by atoms with E-state index in [-0.39, 0.29) is 6.42 Å². The lowest BCUT2D eigenvalue weighted by Gasteiger charge is -2.39. The SMILES string of the molecule is [2H]CCCCCCCCC=CCCCCCCCC(=O)OC1O[C@H](CO)[C@@H](O)[C@H](O)[C@H]1O. The summed E-state index contributed by atoms with van der Waals surface area (Å²) in [7, 11) is 0. The molecule has 7 nitrogen and oxygen atoms in total. The minimum Gasteiger partial charge on any atom is -0.433 e. The summed E-state index contributed by atoms with van der Waals surface area (Å²) in [6, 6.07) is 0. The van der Waals surface area contributed by atoms with Crippen LogP contribution in [0, 0.1) is 0 Å². The summed E-state index contributed by atoms with van der Waals surface area (Å²) in [5, 5.41) is 38.5. The normalized spacial score (nSPS) is 26.8. The number of rotatable bonds is 17. The van der Waals surface area contributed by atoms with Crippen LogP contribution in [0.5, 0.6) is 0 Å². The van der Waals surface area contributed by atoms with E-state index in [0.717, 1.165) is 44.9 Å². The smallest absolute Gasteiger partial charge is 0.308 e. The molecule has 0 saturated carbocycles. The Bertz CT molecular complexity index is 501. The van der Waals surface area contributed by atoms with Gasteiger partial charge in [-0.15, -0.1) is 0 Å². The minimum atomic E-state index is -1.55. The third-order valence-electron chi connectivity index (χ3n) is 5.64. The topological polar surface area (TPSA) is 116 Å². The number of allylic oxidation sites excluding steroid dienone is 2. The number of aliphatic hydroxyl groups is 4. The van der Waals surface area contributed by atoms with E-state index in [4.69, 9.17) is 16.0 Å². The number of unbranched alkanes of at least 4 members (excludes halogenated alkanes) is 11. The van der Waals surface area contributed by atoms with Gasteiger partial charge in [0.2, 0.25) is 6.29 Å². The molecule has 0 bridgehead atoms. The van der Waals surface area contributed by atoms with Crippen molar-refractivity contribution in [2.75, 3.05) is 6.61 Å². The molecule has 1 saturated heterocycles. The molecule has 0 spiro atoms. The molecule has 0 amide bonds. The van der Waals surface area contributed by atoms with Crippen LogP contribution < -0.4 is 0 Å². The van der Waals surface area contributed by atoms with Gasteiger partial charge in [0.1, 0.15) is 24.4 Å². The molecule has 1 heterocycles. The van der Waals surface area contributed by atoms with Gasteiger partial charge < -0.3 is 29.9 Å². The Morgan fingerprint density at radius 3 is 2.06 bits per heavy atom. The fourth-order valence-corrected chi connectivity index (χ4v) is 3.62. The monoisotopic (exact) mass is 445 g/mol. The first-order valence-electron chi connectivity index (χ1n) is 12.7. The van der Waals surface area contributed by atoms with Crippen LogP contribution in [0.3, 0.4) is 0 Å². The van der Waals surface area contributed by atoms with Crippen molar-refractivity contribution in [1.29, 1.82) is 0 Å². The summed E-state index contributed by atoms with van der Waals surface area (Å²) in [4.78, 5) is 12.0. The van der Waals surface area contributed by atoms with E-state index < -0.39 is 43.3 Å². The van der Waals surface area contributed by atoms with Crippen LogP contribution in [-0.2, 0) is 14.3 Å². The fraction of sp³-hybridized carbons (Fsp3) is 0.875. The van der Waals surface area contributed by atoms with Crippen LogP contribution in [0.15, 0.2) is 12.2 Å². The zero-order valence-corrected chi connectivity index (χ0v) is 18.9. The quantitative estimate of drug-likeness (QED) is 0.154. The molecular weight excluding hydrogens is 400 g/mol. The molecule has 1 fully saturated rings. The molecule has 31 heavy (non-hydrogen) atoms. The Morgan fingerprint density at radius 2 is 1.45 bits per heavy atom. The number of hydrogen-bond donors (Lipinski definition) is 4. The van der Waals surface area contributed by atoms with Gasteiger partial charge in [0, 0.05) is 7.79 Å². The first-order valence-corrected chi connectivity index (χ1v) is 12.0. The molecule has 0 aliphatic carbocycles. The molecule has 0 aromatic carbocycles. The van der Waals surface area contributed by atoms with Crippen molar-refractivity contribution in [3.8, 4) is 0 Å². The summed E-state index contributed by atoms with van der Waals surface area (Å²) < 4.78 is 17.3. The zero-order valence-electron chi connectivity index (χ0n) is 19.9. The van der Waals surface area contributed by atoms with Crippen molar-refractivity contribution in [3.05, 3.63) is 12.2 Å². The van der Waals surface area contributed by atoms with Crippen LogP contribution in [0.1, 0.15) is 98.2 Å². The van der Waals surface area contributed by atoms with E-state index in [0.29, 0.717) is 13.3 Å². The van der Waals surface area contributed by atoms with E-state index in [1.54, 1.807) is 0 Å². The molecule has 1 unspecified atom stereocenters. The fourth-order valence-electron chi connectivity index (χ4n) is 3.62. The standard InChI is InChI=1S/C24H44O7/c1-2-3-4-5-6-7-8-9-10-11-12-13-14-15-16-17-20(26)31-24-23(29)22(28)21(27)19(18-25)30-24/h9-10,19,21-25,27-29H,2-8,11-18H2,1H3/t19-,21-,22+,23-,24?/m1/s1/i1D. The van der Waals surface area contributed by atoms with E-state index >= 15 is 0 Å². The number of aliphatic hydroxyl groups excluding tert-OH is 4. The van der Waals surface area contributed by atoms with Crippen molar-refractivity contribution in [1.82, 2.24) is 0 Å². The van der Waals surface area contributed by atoms with Gasteiger partial charge in [-0.2, -0.15) is 0 Å². The maximum absolute atomic E-state index is 12.0. The number of carbonyl (C=O) groups excluding carboxylic acids is 1. The zero-order chi connectivity index (χ0) is 23.6. The van der Waals surface area contributed by atoms with Gasteiger partial charge in [-0.05, 0) is 32.1 Å². The second-order valence-corrected chi connectivity index (χ2v) is 8.37. The highest BCUT2D eigenvalue weighted by Crippen LogP contribution is 2.22. The average molecular weight is 446 g/mol. The van der Waals surface area contributed by atoms with Gasteiger partial charge in [0.05, 0.1) is 6.61 Å². The van der Waals surface area contributed by atoms with Crippen molar-refractivity contribution in [2.24, 2.45) is 0 Å². The lowest BCUT2D eigenvalue weighted by Crippen LogP contribution is -2.59. The third kappa shape index (κ3) is 12.0. The van der Waals surface area contributed by atoms with Crippen LogP contribution in [0.2, 0.25) is 0 Å². The van der Waals surface area contributed by atoms with E-state index in [1.165, 1.54) is 32.1 Å². The van der Waals surface area contributed by atoms with Gasteiger partial charge in [0.15, 0.2) is 0 Å². The first-order chi connectivity index (χ1) is 15.5. The highest BCUT2D eigenvalue weighted by Gasteiger charge is 2.45. The van der Waals surface area contributed by atoms with Crippen LogP contribution in [-0.4, -0.2) is 63.7 Å². The lowest BCUT2D eigenvalue weighted by molar-refractivity contribution is -0.292. The van der Waals surface area contributed by atoms with Gasteiger partial charge in [-0.25, -0.2) is 0 Å². The van der Waals surface area contributed by atoms with Crippen LogP contribution in [0.25, 0.3) is 0 Å². The van der Waals surface area contributed by atoms with Crippen LogP contribution >= 0.6 is 0 Å². The third-order valence-corrected chi connectivity index (χ3v) is 5.64. The molecule has 0 aromatic rings. The summed E-state index contributed by atoms with van der Waals surface area (Å²) in [5.74, 6) is -0.534. The number of hydrogen-bond acceptors (Lipinski definition) is 7. The molecule has 1 aliphatic rings. The maximum Gasteiger partial charge on any atom is 0.308 e. The van der Waals surface area contributed by atoms with E-state index in [1.807, 2.05) is 0 Å². The lowest BCUT2D eigenvalue weighted by atomic mass is 9.99. The van der Waals surface area contributed by atoms with E-state index in [9.17, 15) is 20.1 Å². The molecule has 1 aliphatic heterocycles. The molecule has 7 heteroatoms. The molecule has 5 atom stereocenters. The summed E-state index contributed by atoms with van der Waals surface area (Å²) in [6.45, 7) is 0.00286. The summed E-state index contributed by atoms with van der Waals surface area (Å²) >= 11 is 0. The Balaban J connectivity index is 1.97. The Kier molecular flexibility index (Phi) is 14.9. The highest BCUT2D eigenvalue weighted by atomic mass is 16.7. The minimum absolute atomic E-state index is 0.192. The predicted octanol–water partition coefficient (Wildman–Crippen LogP) is 3.37. The van der Waals surface area contributed by atoms with E-state index in [2.05, 4.69) is 12.2 Å². The van der Waals surface area contributed by atoms with Gasteiger partial charge >= 0.3 is 5.97 Å². The van der Waals surface area contributed by atoms with Gasteiger partial charge in [-0.1, -0.05) is 70.4 Å². The second kappa shape index (κ2) is 17.6. The van der Waals surface area contributed by atoms with Crippen molar-refractivity contribution < 1.29 is 36.1 Å². The largest absolute Gasteiger partial charge is 0.433 e. The predicted molar refractivity (Wildman–Crippen MR) is 119 cm³/mol. The number of ether oxygens (including phenoxy) is 2. The molecule has 0 aromatic heterocycles. The Labute approximate surface area is 188 Å². The number of carbonyl (C=O) groups is 1. The van der Waals surface area contributed by atoms with Crippen molar-refractivity contribution in [3.63, 3.8) is 0 Å². The van der Waals surface area contributed by atoms with Crippen molar-refractivity contribution >= 4 is 5.97 Å².